The number of nitrogens with one attached hydrogen (secondary N) is 1. The first-order valence-electron chi connectivity index (χ1n) is 6.68. The molecule has 5 N–H and O–H groups in total. The fraction of sp³-hybridized carbons (Fsp3) is 0.200. The minimum absolute atomic E-state index is 0. The van der Waals surface area contributed by atoms with Crippen LogP contribution in [0.2, 0.25) is 0 Å². The molecule has 110 valence electrons. The molecule has 6 heteroatoms. The van der Waals surface area contributed by atoms with Crippen LogP contribution in [0.5, 0.6) is 0 Å². The number of nitrogens with zero attached hydrogens (tertiary/aromatic N) is 2. The summed E-state index contributed by atoms with van der Waals surface area (Å²) >= 11 is 0. The standard InChI is InChI=1S/C15H17N5.ClH/c1-2-3-11-13(14(16)20-15(17)19-11)10-5-4-9-6-7-18-12(9)8-10;/h4-8,18H,2-3H2,1H3,(H4,16,17,19,20);1H. The number of hydrogen-bond donors (Lipinski definition) is 3. The van der Waals surface area contributed by atoms with Crippen molar-refractivity contribution in [1.82, 2.24) is 15.0 Å². The Morgan fingerprint density at radius 2 is 1.95 bits per heavy atom. The molecular formula is C15H18ClN5. The molecule has 0 saturated heterocycles. The molecule has 0 atom stereocenters. The summed E-state index contributed by atoms with van der Waals surface area (Å²) in [6, 6.07) is 8.21. The molecule has 0 bridgehead atoms. The van der Waals surface area contributed by atoms with E-state index >= 15 is 0 Å². The molecule has 0 aliphatic heterocycles. The highest BCUT2D eigenvalue weighted by Crippen LogP contribution is 2.31. The molecule has 3 rings (SSSR count). The van der Waals surface area contributed by atoms with Crippen LogP contribution in [0, 0.1) is 0 Å². The zero-order valence-electron chi connectivity index (χ0n) is 11.8. The molecule has 0 amide bonds. The number of fused-ring (bicyclic) bond motifs is 1. The van der Waals surface area contributed by atoms with Crippen LogP contribution in [0.3, 0.4) is 0 Å². The highest BCUT2D eigenvalue weighted by atomic mass is 35.5. The van der Waals surface area contributed by atoms with Gasteiger partial charge in [0.05, 0.1) is 5.69 Å². The van der Waals surface area contributed by atoms with Crippen LogP contribution >= 0.6 is 12.4 Å². The SMILES string of the molecule is CCCc1nc(N)nc(N)c1-c1ccc2cc[nH]c2c1.Cl. The Balaban J connectivity index is 0.00000161. The first-order chi connectivity index (χ1) is 9.69. The van der Waals surface area contributed by atoms with Crippen LogP contribution < -0.4 is 11.5 Å². The van der Waals surface area contributed by atoms with E-state index in [0.29, 0.717) is 5.82 Å². The number of nitrogens with two attached hydrogens (primary N) is 2. The number of aromatic amines is 1. The molecule has 0 saturated carbocycles. The predicted octanol–water partition coefficient (Wildman–Crippen LogP) is 3.16. The van der Waals surface area contributed by atoms with Crippen LogP contribution in [-0.4, -0.2) is 15.0 Å². The second-order valence-electron chi connectivity index (χ2n) is 4.82. The lowest BCUT2D eigenvalue weighted by atomic mass is 10.0. The zero-order valence-corrected chi connectivity index (χ0v) is 12.6. The molecule has 0 spiro atoms. The number of H-pyrrole nitrogens is 1. The monoisotopic (exact) mass is 303 g/mol. The van der Waals surface area contributed by atoms with Crippen LogP contribution in [0.25, 0.3) is 22.0 Å². The third-order valence-corrected chi connectivity index (χ3v) is 3.36. The van der Waals surface area contributed by atoms with Crippen LogP contribution in [-0.2, 0) is 6.42 Å². The number of halogens is 1. The van der Waals surface area contributed by atoms with Crippen molar-refractivity contribution in [1.29, 1.82) is 0 Å². The predicted molar refractivity (Wildman–Crippen MR) is 89.4 cm³/mol. The molecule has 1 aromatic carbocycles. The number of anilines is 2. The largest absolute Gasteiger partial charge is 0.383 e. The summed E-state index contributed by atoms with van der Waals surface area (Å²) in [4.78, 5) is 11.6. The molecule has 5 nitrogen and oxygen atoms in total. The van der Waals surface area contributed by atoms with E-state index in [1.54, 1.807) is 0 Å². The first kappa shape index (κ1) is 15.1. The summed E-state index contributed by atoms with van der Waals surface area (Å²) in [7, 11) is 0. The summed E-state index contributed by atoms with van der Waals surface area (Å²) in [5, 5.41) is 1.17. The van der Waals surface area contributed by atoms with Gasteiger partial charge < -0.3 is 16.5 Å². The Hall–Kier alpha value is -2.27. The van der Waals surface area contributed by atoms with Gasteiger partial charge in [-0.3, -0.25) is 0 Å². The smallest absolute Gasteiger partial charge is 0.222 e. The van der Waals surface area contributed by atoms with Crippen LogP contribution in [0.1, 0.15) is 19.0 Å². The van der Waals surface area contributed by atoms with Gasteiger partial charge in [-0.25, -0.2) is 4.98 Å². The number of hydrogen-bond acceptors (Lipinski definition) is 4. The first-order valence-corrected chi connectivity index (χ1v) is 6.68. The van der Waals surface area contributed by atoms with Gasteiger partial charge in [-0.2, -0.15) is 4.98 Å². The average molecular weight is 304 g/mol. The quantitative estimate of drug-likeness (QED) is 0.692. The lowest BCUT2D eigenvalue weighted by Gasteiger charge is -2.11. The van der Waals surface area contributed by atoms with E-state index in [9.17, 15) is 0 Å². The lowest BCUT2D eigenvalue weighted by Crippen LogP contribution is -2.06. The molecule has 0 aliphatic carbocycles. The Labute approximate surface area is 129 Å². The highest BCUT2D eigenvalue weighted by molar-refractivity contribution is 5.87. The third kappa shape index (κ3) is 2.78. The summed E-state index contributed by atoms with van der Waals surface area (Å²) in [6.07, 6.45) is 3.73. The molecule has 21 heavy (non-hydrogen) atoms. The summed E-state index contributed by atoms with van der Waals surface area (Å²) in [5.41, 5.74) is 15.6. The Morgan fingerprint density at radius 3 is 2.71 bits per heavy atom. The van der Waals surface area contributed by atoms with Gasteiger partial charge in [0.1, 0.15) is 5.82 Å². The van der Waals surface area contributed by atoms with Gasteiger partial charge in [-0.05, 0) is 29.5 Å². The van der Waals surface area contributed by atoms with E-state index in [1.165, 1.54) is 5.39 Å². The van der Waals surface area contributed by atoms with E-state index in [4.69, 9.17) is 11.5 Å². The Morgan fingerprint density at radius 1 is 1.14 bits per heavy atom. The van der Waals surface area contributed by atoms with Gasteiger partial charge in [0.2, 0.25) is 5.95 Å². The van der Waals surface area contributed by atoms with E-state index in [2.05, 4.69) is 34.0 Å². The van der Waals surface area contributed by atoms with Crippen molar-refractivity contribution in [3.8, 4) is 11.1 Å². The van der Waals surface area contributed by atoms with E-state index in [0.717, 1.165) is 35.2 Å². The Bertz CT molecular complexity index is 766. The lowest BCUT2D eigenvalue weighted by molar-refractivity contribution is 0.880. The topological polar surface area (TPSA) is 93.6 Å². The van der Waals surface area contributed by atoms with Crippen molar-refractivity contribution in [3.05, 3.63) is 36.2 Å². The second kappa shape index (κ2) is 6.01. The van der Waals surface area contributed by atoms with Gasteiger partial charge in [0, 0.05) is 17.3 Å². The molecule has 3 aromatic rings. The van der Waals surface area contributed by atoms with Crippen molar-refractivity contribution >= 4 is 35.1 Å². The maximum Gasteiger partial charge on any atom is 0.222 e. The second-order valence-corrected chi connectivity index (χ2v) is 4.82. The average Bonchev–Trinajstić information content (AvgIpc) is 2.85. The molecule has 0 fully saturated rings. The zero-order chi connectivity index (χ0) is 14.1. The summed E-state index contributed by atoms with van der Waals surface area (Å²) < 4.78 is 0. The molecular weight excluding hydrogens is 286 g/mol. The number of rotatable bonds is 3. The number of nitrogen functional groups attached to an aromatic ring is 2. The van der Waals surface area contributed by atoms with Gasteiger partial charge >= 0.3 is 0 Å². The molecule has 0 radical (unpaired) electrons. The van der Waals surface area contributed by atoms with E-state index < -0.39 is 0 Å². The van der Waals surface area contributed by atoms with E-state index in [-0.39, 0.29) is 18.4 Å². The van der Waals surface area contributed by atoms with Crippen molar-refractivity contribution in [2.24, 2.45) is 0 Å². The fourth-order valence-electron chi connectivity index (χ4n) is 2.48. The molecule has 0 unspecified atom stereocenters. The van der Waals surface area contributed by atoms with Crippen molar-refractivity contribution in [2.75, 3.05) is 11.5 Å². The maximum atomic E-state index is 6.06. The minimum atomic E-state index is 0. The molecule has 0 aliphatic rings. The number of aryl methyl sites for hydroxylation is 1. The molecule has 2 heterocycles. The van der Waals surface area contributed by atoms with Gasteiger partial charge in [-0.15, -0.1) is 12.4 Å². The van der Waals surface area contributed by atoms with Gasteiger partial charge in [0.25, 0.3) is 0 Å². The van der Waals surface area contributed by atoms with Crippen molar-refractivity contribution < 1.29 is 0 Å². The number of aromatic nitrogens is 3. The van der Waals surface area contributed by atoms with Gasteiger partial charge in [-0.1, -0.05) is 25.5 Å². The maximum absolute atomic E-state index is 6.06. The van der Waals surface area contributed by atoms with Crippen LogP contribution in [0.4, 0.5) is 11.8 Å². The highest BCUT2D eigenvalue weighted by Gasteiger charge is 2.13. The Kier molecular flexibility index (Phi) is 4.33. The van der Waals surface area contributed by atoms with Crippen LogP contribution in [0.15, 0.2) is 30.5 Å². The van der Waals surface area contributed by atoms with Crippen molar-refractivity contribution in [3.63, 3.8) is 0 Å². The molecule has 2 aromatic heterocycles. The fourth-order valence-corrected chi connectivity index (χ4v) is 2.48. The summed E-state index contributed by atoms with van der Waals surface area (Å²) in [6.45, 7) is 2.10. The van der Waals surface area contributed by atoms with Crippen molar-refractivity contribution in [2.45, 2.75) is 19.8 Å². The van der Waals surface area contributed by atoms with Gasteiger partial charge in [0.15, 0.2) is 0 Å². The number of benzene rings is 1. The summed E-state index contributed by atoms with van der Waals surface area (Å²) in [5.74, 6) is 0.669. The van der Waals surface area contributed by atoms with E-state index in [1.807, 2.05) is 18.3 Å². The minimum Gasteiger partial charge on any atom is -0.383 e. The normalized spacial score (nSPS) is 10.5. The third-order valence-electron chi connectivity index (χ3n) is 3.36.